The van der Waals surface area contributed by atoms with Crippen LogP contribution in [0.2, 0.25) is 0 Å². The lowest BCUT2D eigenvalue weighted by atomic mass is 10.2. The minimum absolute atomic E-state index is 0.421. The topological polar surface area (TPSA) is 58.2 Å². The van der Waals surface area contributed by atoms with Gasteiger partial charge < -0.3 is 10.6 Å². The van der Waals surface area contributed by atoms with Crippen molar-refractivity contribution in [1.29, 1.82) is 0 Å². The number of anilines is 1. The summed E-state index contributed by atoms with van der Waals surface area (Å²) < 4.78 is 39.4. The van der Waals surface area contributed by atoms with Gasteiger partial charge in [0.05, 0.1) is 17.1 Å². The average Bonchev–Trinajstić information content (AvgIpc) is 2.94. The molecule has 2 N–H and O–H groups in total. The molecular weight excluding hydrogens is 341 g/mol. The lowest BCUT2D eigenvalue weighted by molar-refractivity contribution is -0.115. The van der Waals surface area contributed by atoms with Gasteiger partial charge in [-0.2, -0.15) is 0 Å². The third kappa shape index (κ3) is 3.94. The van der Waals surface area contributed by atoms with Crippen molar-refractivity contribution in [1.82, 2.24) is 5.32 Å². The van der Waals surface area contributed by atoms with E-state index in [0.717, 1.165) is 22.9 Å². The van der Waals surface area contributed by atoms with Gasteiger partial charge in [0.1, 0.15) is 0 Å². The van der Waals surface area contributed by atoms with E-state index < -0.39 is 41.5 Å². The van der Waals surface area contributed by atoms with Crippen LogP contribution in [0.15, 0.2) is 18.2 Å². The Balaban J connectivity index is 1.95. The van der Waals surface area contributed by atoms with E-state index in [0.29, 0.717) is 10.9 Å². The van der Waals surface area contributed by atoms with Crippen molar-refractivity contribution in [3.05, 3.63) is 51.0 Å². The Labute approximate surface area is 140 Å². The molecular formula is C16H15F3N2O2S. The molecule has 0 bridgehead atoms. The largest absolute Gasteiger partial charge is 0.342 e. The average molecular weight is 356 g/mol. The highest BCUT2D eigenvalue weighted by molar-refractivity contribution is 7.14. The molecule has 0 fully saturated rings. The van der Waals surface area contributed by atoms with Crippen LogP contribution < -0.4 is 10.6 Å². The molecule has 0 aliphatic rings. The van der Waals surface area contributed by atoms with E-state index in [9.17, 15) is 22.8 Å². The zero-order valence-corrected chi connectivity index (χ0v) is 13.8. The van der Waals surface area contributed by atoms with Crippen molar-refractivity contribution < 1.29 is 22.8 Å². The van der Waals surface area contributed by atoms with Crippen LogP contribution in [0.5, 0.6) is 0 Å². The SMILES string of the molecule is CCc1cc(C(=O)NCC(=O)Nc2ccc(F)c(F)c2F)sc1C. The number of carbonyl (C=O) groups excluding carboxylic acids is 2. The van der Waals surface area contributed by atoms with E-state index in [2.05, 4.69) is 10.6 Å². The number of hydrogen-bond acceptors (Lipinski definition) is 3. The fraction of sp³-hybridized carbons (Fsp3) is 0.250. The van der Waals surface area contributed by atoms with Gasteiger partial charge in [-0.05, 0) is 37.1 Å². The number of halogens is 3. The van der Waals surface area contributed by atoms with Gasteiger partial charge in [-0.1, -0.05) is 6.92 Å². The summed E-state index contributed by atoms with van der Waals surface area (Å²) >= 11 is 1.31. The van der Waals surface area contributed by atoms with Gasteiger partial charge in [0.15, 0.2) is 17.5 Å². The second kappa shape index (κ2) is 7.48. The van der Waals surface area contributed by atoms with Crippen LogP contribution in [0.4, 0.5) is 18.9 Å². The fourth-order valence-corrected chi connectivity index (χ4v) is 3.08. The van der Waals surface area contributed by atoms with E-state index in [1.165, 1.54) is 11.3 Å². The van der Waals surface area contributed by atoms with Gasteiger partial charge in [0.2, 0.25) is 5.91 Å². The first-order valence-corrected chi connectivity index (χ1v) is 7.96. The Kier molecular flexibility index (Phi) is 5.61. The predicted molar refractivity (Wildman–Crippen MR) is 85.7 cm³/mol. The summed E-state index contributed by atoms with van der Waals surface area (Å²) in [7, 11) is 0. The van der Waals surface area contributed by atoms with Crippen molar-refractivity contribution in [2.24, 2.45) is 0 Å². The molecule has 8 heteroatoms. The first-order chi connectivity index (χ1) is 11.3. The van der Waals surface area contributed by atoms with Crippen molar-refractivity contribution in [2.75, 3.05) is 11.9 Å². The molecule has 0 aliphatic carbocycles. The summed E-state index contributed by atoms with van der Waals surface area (Å²) in [5.74, 6) is -5.69. The van der Waals surface area contributed by atoms with Crippen LogP contribution in [0.3, 0.4) is 0 Å². The summed E-state index contributed by atoms with van der Waals surface area (Å²) in [5, 5.41) is 4.48. The van der Waals surface area contributed by atoms with Crippen LogP contribution in [-0.4, -0.2) is 18.4 Å². The summed E-state index contributed by atoms with van der Waals surface area (Å²) in [6.45, 7) is 3.45. The first kappa shape index (κ1) is 18.0. The van der Waals surface area contributed by atoms with Gasteiger partial charge in [0, 0.05) is 4.88 Å². The van der Waals surface area contributed by atoms with Gasteiger partial charge in [-0.3, -0.25) is 9.59 Å². The fourth-order valence-electron chi connectivity index (χ4n) is 2.05. The van der Waals surface area contributed by atoms with Gasteiger partial charge >= 0.3 is 0 Å². The van der Waals surface area contributed by atoms with E-state index in [1.54, 1.807) is 6.07 Å². The molecule has 0 saturated carbocycles. The maximum atomic E-state index is 13.5. The summed E-state index contributed by atoms with van der Waals surface area (Å²) in [4.78, 5) is 25.2. The molecule has 0 radical (unpaired) electrons. The van der Waals surface area contributed by atoms with Crippen molar-refractivity contribution in [3.8, 4) is 0 Å². The van der Waals surface area contributed by atoms with Crippen molar-refractivity contribution in [3.63, 3.8) is 0 Å². The molecule has 128 valence electrons. The zero-order valence-electron chi connectivity index (χ0n) is 13.0. The van der Waals surface area contributed by atoms with Crippen LogP contribution in [0.1, 0.15) is 27.0 Å². The van der Waals surface area contributed by atoms with E-state index in [-0.39, 0.29) is 0 Å². The molecule has 0 spiro atoms. The standard InChI is InChI=1S/C16H15F3N2O2S/c1-3-9-6-12(24-8(9)2)16(23)20-7-13(22)21-11-5-4-10(17)14(18)15(11)19/h4-6H,3,7H2,1-2H3,(H,20,23)(H,21,22). The van der Waals surface area contributed by atoms with E-state index in [1.807, 2.05) is 13.8 Å². The van der Waals surface area contributed by atoms with E-state index >= 15 is 0 Å². The number of thiophene rings is 1. The lowest BCUT2D eigenvalue weighted by Gasteiger charge is -2.08. The molecule has 0 saturated heterocycles. The first-order valence-electron chi connectivity index (χ1n) is 7.14. The Morgan fingerprint density at radius 1 is 1.17 bits per heavy atom. The quantitative estimate of drug-likeness (QED) is 0.807. The molecule has 2 rings (SSSR count). The summed E-state index contributed by atoms with van der Waals surface area (Å²) in [6.07, 6.45) is 0.797. The maximum Gasteiger partial charge on any atom is 0.261 e. The molecule has 2 aromatic rings. The minimum atomic E-state index is -1.67. The molecule has 0 aliphatic heterocycles. The van der Waals surface area contributed by atoms with Gasteiger partial charge in [-0.25, -0.2) is 13.2 Å². The molecule has 1 heterocycles. The molecule has 4 nitrogen and oxygen atoms in total. The molecule has 1 aromatic carbocycles. The van der Waals surface area contributed by atoms with Crippen LogP contribution in [0.25, 0.3) is 0 Å². The monoisotopic (exact) mass is 356 g/mol. The number of benzene rings is 1. The van der Waals surface area contributed by atoms with Crippen LogP contribution >= 0.6 is 11.3 Å². The number of rotatable bonds is 5. The Morgan fingerprint density at radius 2 is 1.88 bits per heavy atom. The van der Waals surface area contributed by atoms with Gasteiger partial charge in [0.25, 0.3) is 5.91 Å². The van der Waals surface area contributed by atoms with Crippen LogP contribution in [-0.2, 0) is 11.2 Å². The van der Waals surface area contributed by atoms with Crippen molar-refractivity contribution >= 4 is 28.8 Å². The third-order valence-corrected chi connectivity index (χ3v) is 4.44. The highest BCUT2D eigenvalue weighted by Crippen LogP contribution is 2.22. The number of carbonyl (C=O) groups is 2. The van der Waals surface area contributed by atoms with Crippen molar-refractivity contribution in [2.45, 2.75) is 20.3 Å². The molecule has 0 unspecified atom stereocenters. The summed E-state index contributed by atoms with van der Waals surface area (Å²) in [6, 6.07) is 3.36. The lowest BCUT2D eigenvalue weighted by Crippen LogP contribution is -2.32. The second-order valence-electron chi connectivity index (χ2n) is 5.00. The molecule has 0 atom stereocenters. The highest BCUT2D eigenvalue weighted by atomic mass is 32.1. The third-order valence-electron chi connectivity index (χ3n) is 3.34. The Bertz CT molecular complexity index is 790. The minimum Gasteiger partial charge on any atom is -0.342 e. The van der Waals surface area contributed by atoms with Crippen LogP contribution in [0, 0.1) is 24.4 Å². The Morgan fingerprint density at radius 3 is 2.50 bits per heavy atom. The van der Waals surface area contributed by atoms with Gasteiger partial charge in [-0.15, -0.1) is 11.3 Å². The highest BCUT2D eigenvalue weighted by Gasteiger charge is 2.16. The van der Waals surface area contributed by atoms with E-state index in [4.69, 9.17) is 0 Å². The number of amides is 2. The zero-order chi connectivity index (χ0) is 17.9. The normalized spacial score (nSPS) is 10.5. The number of aryl methyl sites for hydroxylation is 2. The predicted octanol–water partition coefficient (Wildman–Crippen LogP) is 3.40. The summed E-state index contributed by atoms with van der Waals surface area (Å²) in [5.41, 5.74) is 0.562. The maximum absolute atomic E-state index is 13.5. The molecule has 1 aromatic heterocycles. The molecule has 24 heavy (non-hydrogen) atoms. The Hall–Kier alpha value is -2.35. The number of nitrogens with one attached hydrogen (secondary N) is 2. The molecule has 2 amide bonds. The number of hydrogen-bond donors (Lipinski definition) is 2. The smallest absolute Gasteiger partial charge is 0.261 e. The second-order valence-corrected chi connectivity index (χ2v) is 6.26.